The molecule has 1 atom stereocenters. The molecule has 2 N–H and O–H groups in total. The van der Waals surface area contributed by atoms with Gasteiger partial charge in [-0.15, -0.1) is 0 Å². The highest BCUT2D eigenvalue weighted by molar-refractivity contribution is 7.89. The first kappa shape index (κ1) is 16.9. The zero-order valence-electron chi connectivity index (χ0n) is 13.8. The topological polar surface area (TPSA) is 63.4 Å². The van der Waals surface area contributed by atoms with Gasteiger partial charge >= 0.3 is 0 Å². The van der Waals surface area contributed by atoms with Gasteiger partial charge in [0.15, 0.2) is 0 Å². The summed E-state index contributed by atoms with van der Waals surface area (Å²) in [7, 11) is -3.37. The zero-order chi connectivity index (χ0) is 16.3. The van der Waals surface area contributed by atoms with Crippen LogP contribution < -0.4 is 5.73 Å². The molecule has 5 heteroatoms. The maximum absolute atomic E-state index is 12.8. The average Bonchev–Trinajstić information content (AvgIpc) is 2.62. The largest absolute Gasteiger partial charge is 0.330 e. The molecule has 0 aromatic heterocycles. The van der Waals surface area contributed by atoms with Crippen molar-refractivity contribution in [3.05, 3.63) is 29.8 Å². The highest BCUT2D eigenvalue weighted by Crippen LogP contribution is 2.33. The molecule has 3 rings (SSSR count). The molecule has 0 amide bonds. The number of piperidine rings is 1. The van der Waals surface area contributed by atoms with Crippen LogP contribution in [0.15, 0.2) is 29.2 Å². The summed E-state index contributed by atoms with van der Waals surface area (Å²) in [6, 6.07) is 7.64. The minimum absolute atomic E-state index is 0.292. The molecule has 1 aliphatic carbocycles. The van der Waals surface area contributed by atoms with Gasteiger partial charge in [-0.25, -0.2) is 8.42 Å². The highest BCUT2D eigenvalue weighted by atomic mass is 32.2. The van der Waals surface area contributed by atoms with E-state index in [4.69, 9.17) is 5.73 Å². The third-order valence-corrected chi connectivity index (χ3v) is 7.29. The lowest BCUT2D eigenvalue weighted by molar-refractivity contribution is 0.271. The number of nitrogens with zero attached hydrogens (tertiary/aromatic N) is 1. The van der Waals surface area contributed by atoms with Crippen LogP contribution >= 0.6 is 0 Å². The third kappa shape index (κ3) is 3.78. The van der Waals surface area contributed by atoms with Crippen molar-refractivity contribution >= 4 is 10.0 Å². The van der Waals surface area contributed by atoms with Gasteiger partial charge < -0.3 is 5.73 Å². The lowest BCUT2D eigenvalue weighted by Gasteiger charge is -2.31. The summed E-state index contributed by atoms with van der Waals surface area (Å²) in [6.07, 6.45) is 8.31. The summed E-state index contributed by atoms with van der Waals surface area (Å²) in [6.45, 7) is 1.74. The van der Waals surface area contributed by atoms with E-state index in [0.29, 0.717) is 36.4 Å². The molecule has 4 nitrogen and oxygen atoms in total. The van der Waals surface area contributed by atoms with Gasteiger partial charge in [0.1, 0.15) is 0 Å². The fourth-order valence-corrected chi connectivity index (χ4v) is 5.49. The second kappa shape index (κ2) is 7.32. The van der Waals surface area contributed by atoms with Gasteiger partial charge in [0.05, 0.1) is 4.90 Å². The summed E-state index contributed by atoms with van der Waals surface area (Å²) >= 11 is 0. The Morgan fingerprint density at radius 3 is 2.35 bits per heavy atom. The van der Waals surface area contributed by atoms with Crippen LogP contribution in [-0.4, -0.2) is 32.4 Å². The SMILES string of the molecule is NCC1CCCN(S(=O)(=O)c2ccc(C3CCCCC3)cc2)C1. The van der Waals surface area contributed by atoms with Crippen LogP contribution in [0.25, 0.3) is 0 Å². The van der Waals surface area contributed by atoms with Crippen LogP contribution in [0.2, 0.25) is 0 Å². The maximum atomic E-state index is 12.8. The number of hydrogen-bond acceptors (Lipinski definition) is 3. The van der Waals surface area contributed by atoms with E-state index in [1.165, 1.54) is 37.7 Å². The molecule has 128 valence electrons. The van der Waals surface area contributed by atoms with Gasteiger partial charge in [-0.05, 0) is 61.8 Å². The quantitative estimate of drug-likeness (QED) is 0.919. The highest BCUT2D eigenvalue weighted by Gasteiger charge is 2.29. The van der Waals surface area contributed by atoms with Crippen LogP contribution in [0.1, 0.15) is 56.4 Å². The molecule has 1 unspecified atom stereocenters. The van der Waals surface area contributed by atoms with E-state index in [1.807, 2.05) is 12.1 Å². The second-order valence-corrected chi connectivity index (χ2v) is 8.95. The number of nitrogens with two attached hydrogens (primary N) is 1. The number of sulfonamides is 1. The van der Waals surface area contributed by atoms with Crippen molar-refractivity contribution in [1.82, 2.24) is 4.31 Å². The Morgan fingerprint density at radius 2 is 1.70 bits per heavy atom. The van der Waals surface area contributed by atoms with Gasteiger partial charge in [-0.1, -0.05) is 31.4 Å². The van der Waals surface area contributed by atoms with E-state index in [9.17, 15) is 8.42 Å². The number of benzene rings is 1. The fraction of sp³-hybridized carbons (Fsp3) is 0.667. The van der Waals surface area contributed by atoms with Crippen molar-refractivity contribution in [2.24, 2.45) is 11.7 Å². The van der Waals surface area contributed by atoms with Gasteiger partial charge in [0.2, 0.25) is 10.0 Å². The number of rotatable bonds is 4. The summed E-state index contributed by atoms with van der Waals surface area (Å²) < 4.78 is 27.3. The predicted octanol–water partition coefficient (Wildman–Crippen LogP) is 3.09. The Morgan fingerprint density at radius 1 is 1.00 bits per heavy atom. The molecular formula is C18H28N2O2S. The van der Waals surface area contributed by atoms with E-state index in [0.717, 1.165) is 12.8 Å². The average molecular weight is 337 g/mol. The van der Waals surface area contributed by atoms with E-state index in [-0.39, 0.29) is 0 Å². The molecule has 1 saturated heterocycles. The predicted molar refractivity (Wildman–Crippen MR) is 92.8 cm³/mol. The van der Waals surface area contributed by atoms with Crippen LogP contribution in [-0.2, 0) is 10.0 Å². The second-order valence-electron chi connectivity index (χ2n) is 7.01. The Balaban J connectivity index is 1.74. The Hall–Kier alpha value is -0.910. The molecule has 1 aliphatic heterocycles. The van der Waals surface area contributed by atoms with Crippen LogP contribution in [0.3, 0.4) is 0 Å². The lowest BCUT2D eigenvalue weighted by atomic mass is 9.84. The Bertz CT molecular complexity index is 606. The standard InChI is InChI=1S/C18H28N2O2S/c19-13-15-5-4-12-20(14-15)23(21,22)18-10-8-17(9-11-18)16-6-2-1-3-7-16/h8-11,15-16H,1-7,12-14,19H2. The van der Waals surface area contributed by atoms with Crippen molar-refractivity contribution in [3.63, 3.8) is 0 Å². The fourth-order valence-electron chi connectivity index (χ4n) is 3.93. The minimum Gasteiger partial charge on any atom is -0.330 e. The van der Waals surface area contributed by atoms with Gasteiger partial charge in [-0.3, -0.25) is 0 Å². The minimum atomic E-state index is -3.37. The maximum Gasteiger partial charge on any atom is 0.243 e. The lowest BCUT2D eigenvalue weighted by Crippen LogP contribution is -2.41. The normalized spacial score (nSPS) is 24.7. The zero-order valence-corrected chi connectivity index (χ0v) is 14.6. The molecule has 0 spiro atoms. The van der Waals surface area contributed by atoms with Gasteiger partial charge in [-0.2, -0.15) is 4.31 Å². The first-order chi connectivity index (χ1) is 11.1. The Labute approximate surface area is 140 Å². The van der Waals surface area contributed by atoms with Crippen LogP contribution in [0, 0.1) is 5.92 Å². The molecule has 23 heavy (non-hydrogen) atoms. The van der Waals surface area contributed by atoms with Gasteiger partial charge in [0.25, 0.3) is 0 Å². The first-order valence-corrected chi connectivity index (χ1v) is 10.4. The smallest absolute Gasteiger partial charge is 0.243 e. The van der Waals surface area contributed by atoms with E-state index >= 15 is 0 Å². The molecule has 2 aliphatic rings. The third-order valence-electron chi connectivity index (χ3n) is 5.41. The summed E-state index contributed by atoms with van der Waals surface area (Å²) in [5.41, 5.74) is 7.02. The Kier molecular flexibility index (Phi) is 5.39. The molecule has 2 fully saturated rings. The van der Waals surface area contributed by atoms with Crippen molar-refractivity contribution in [2.45, 2.75) is 55.8 Å². The van der Waals surface area contributed by atoms with Crippen LogP contribution in [0.5, 0.6) is 0 Å². The summed E-state index contributed by atoms with van der Waals surface area (Å²) in [4.78, 5) is 0.426. The van der Waals surface area contributed by atoms with E-state index in [1.54, 1.807) is 16.4 Å². The van der Waals surface area contributed by atoms with Crippen molar-refractivity contribution in [2.75, 3.05) is 19.6 Å². The summed E-state index contributed by atoms with van der Waals surface area (Å²) in [5.74, 6) is 0.900. The molecule has 0 bridgehead atoms. The molecular weight excluding hydrogens is 308 g/mol. The van der Waals surface area contributed by atoms with Crippen LogP contribution in [0.4, 0.5) is 0 Å². The molecule has 1 aromatic rings. The van der Waals surface area contributed by atoms with Crippen molar-refractivity contribution < 1.29 is 8.42 Å². The van der Waals surface area contributed by atoms with Crippen molar-refractivity contribution in [3.8, 4) is 0 Å². The molecule has 1 aromatic carbocycles. The monoisotopic (exact) mass is 336 g/mol. The molecule has 1 saturated carbocycles. The molecule has 1 heterocycles. The summed E-state index contributed by atoms with van der Waals surface area (Å²) in [5, 5.41) is 0. The van der Waals surface area contributed by atoms with Gasteiger partial charge in [0, 0.05) is 13.1 Å². The van der Waals surface area contributed by atoms with E-state index < -0.39 is 10.0 Å². The van der Waals surface area contributed by atoms with Crippen molar-refractivity contribution in [1.29, 1.82) is 0 Å². The van der Waals surface area contributed by atoms with E-state index in [2.05, 4.69) is 0 Å². The first-order valence-electron chi connectivity index (χ1n) is 8.91. The number of hydrogen-bond donors (Lipinski definition) is 1. The molecule has 0 radical (unpaired) electrons.